The van der Waals surface area contributed by atoms with Gasteiger partial charge >= 0.3 is 0 Å². The number of hydrogen-bond donors (Lipinski definition) is 1. The van der Waals surface area contributed by atoms with E-state index in [1.165, 1.54) is 6.42 Å². The molecule has 0 radical (unpaired) electrons. The van der Waals surface area contributed by atoms with E-state index < -0.39 is 0 Å². The van der Waals surface area contributed by atoms with E-state index in [1.54, 1.807) is 6.33 Å². The van der Waals surface area contributed by atoms with Crippen molar-refractivity contribution in [3.05, 3.63) is 12.2 Å². The van der Waals surface area contributed by atoms with Crippen LogP contribution >= 0.6 is 0 Å². The molecule has 1 N–H and O–H groups in total. The molecule has 2 heterocycles. The molecule has 17 heavy (non-hydrogen) atoms. The van der Waals surface area contributed by atoms with Crippen LogP contribution < -0.4 is 5.32 Å². The fraction of sp³-hybridized carbons (Fsp3) is 0.833. The maximum Gasteiger partial charge on any atom is 0.141 e. The van der Waals surface area contributed by atoms with Gasteiger partial charge in [0.1, 0.15) is 12.2 Å². The molecule has 0 amide bonds. The third kappa shape index (κ3) is 3.04. The second kappa shape index (κ2) is 5.60. The summed E-state index contributed by atoms with van der Waals surface area (Å²) in [5.74, 6) is 1.08. The van der Waals surface area contributed by atoms with Crippen molar-refractivity contribution in [3.8, 4) is 0 Å². The first-order chi connectivity index (χ1) is 8.18. The standard InChI is InChI=1S/C12H23N5/c1-10(2)17-12(14-9-15-17)8-16-7-6-13-5-4-11(16)3/h9-11,13H,4-8H2,1-3H3. The second-order valence-electron chi connectivity index (χ2n) is 5.07. The fourth-order valence-electron chi connectivity index (χ4n) is 2.30. The smallest absolute Gasteiger partial charge is 0.141 e. The predicted octanol–water partition coefficient (Wildman–Crippen LogP) is 1.04. The summed E-state index contributed by atoms with van der Waals surface area (Å²) in [5, 5.41) is 7.73. The summed E-state index contributed by atoms with van der Waals surface area (Å²) < 4.78 is 2.02. The van der Waals surface area contributed by atoms with Crippen LogP contribution in [0.3, 0.4) is 0 Å². The van der Waals surface area contributed by atoms with Crippen molar-refractivity contribution in [1.82, 2.24) is 25.0 Å². The lowest BCUT2D eigenvalue weighted by Gasteiger charge is -2.26. The second-order valence-corrected chi connectivity index (χ2v) is 5.07. The molecule has 0 saturated carbocycles. The van der Waals surface area contributed by atoms with E-state index in [0.29, 0.717) is 12.1 Å². The van der Waals surface area contributed by atoms with E-state index >= 15 is 0 Å². The zero-order valence-electron chi connectivity index (χ0n) is 11.1. The molecule has 0 bridgehead atoms. The lowest BCUT2D eigenvalue weighted by Crippen LogP contribution is -2.35. The van der Waals surface area contributed by atoms with Crippen LogP contribution in [0.4, 0.5) is 0 Å². The molecule has 1 aliphatic rings. The molecule has 1 aliphatic heterocycles. The van der Waals surface area contributed by atoms with Crippen LogP contribution in [-0.4, -0.2) is 45.3 Å². The van der Waals surface area contributed by atoms with Gasteiger partial charge in [0.05, 0.1) is 6.54 Å². The van der Waals surface area contributed by atoms with E-state index in [9.17, 15) is 0 Å². The van der Waals surface area contributed by atoms with Crippen LogP contribution in [0.15, 0.2) is 6.33 Å². The van der Waals surface area contributed by atoms with Gasteiger partial charge in [0.2, 0.25) is 0 Å². The van der Waals surface area contributed by atoms with E-state index in [0.717, 1.165) is 32.0 Å². The van der Waals surface area contributed by atoms with Gasteiger partial charge < -0.3 is 5.32 Å². The third-order valence-electron chi connectivity index (χ3n) is 3.42. The molecular formula is C12H23N5. The molecule has 1 saturated heterocycles. The van der Waals surface area contributed by atoms with Crippen LogP contribution in [0.5, 0.6) is 0 Å². The predicted molar refractivity (Wildman–Crippen MR) is 67.8 cm³/mol. The summed E-state index contributed by atoms with van der Waals surface area (Å²) >= 11 is 0. The Morgan fingerprint density at radius 1 is 1.47 bits per heavy atom. The minimum absolute atomic E-state index is 0.382. The molecule has 5 heteroatoms. The molecule has 96 valence electrons. The molecule has 0 aromatic carbocycles. The maximum absolute atomic E-state index is 4.39. The third-order valence-corrected chi connectivity index (χ3v) is 3.42. The van der Waals surface area contributed by atoms with E-state index in [-0.39, 0.29) is 0 Å². The van der Waals surface area contributed by atoms with Crippen molar-refractivity contribution in [1.29, 1.82) is 0 Å². The zero-order chi connectivity index (χ0) is 12.3. The zero-order valence-corrected chi connectivity index (χ0v) is 11.1. The van der Waals surface area contributed by atoms with Crippen LogP contribution in [-0.2, 0) is 6.54 Å². The fourth-order valence-corrected chi connectivity index (χ4v) is 2.30. The summed E-state index contributed by atoms with van der Waals surface area (Å²) in [5.41, 5.74) is 0. The molecule has 5 nitrogen and oxygen atoms in total. The van der Waals surface area contributed by atoms with Crippen molar-refractivity contribution < 1.29 is 0 Å². The number of hydrogen-bond acceptors (Lipinski definition) is 4. The van der Waals surface area contributed by atoms with Crippen molar-refractivity contribution in [2.75, 3.05) is 19.6 Å². The van der Waals surface area contributed by atoms with E-state index in [4.69, 9.17) is 0 Å². The average Bonchev–Trinajstić information content (AvgIpc) is 2.66. The topological polar surface area (TPSA) is 46.0 Å². The summed E-state index contributed by atoms with van der Waals surface area (Å²) in [6.45, 7) is 10.8. The number of aromatic nitrogens is 3. The van der Waals surface area contributed by atoms with Gasteiger partial charge in [-0.15, -0.1) is 0 Å². The highest BCUT2D eigenvalue weighted by atomic mass is 15.4. The SMILES string of the molecule is CC1CCNCCN1Cc1ncnn1C(C)C. The van der Waals surface area contributed by atoms with Gasteiger partial charge in [0.25, 0.3) is 0 Å². The molecule has 0 spiro atoms. The summed E-state index contributed by atoms with van der Waals surface area (Å²) in [7, 11) is 0. The van der Waals surface area contributed by atoms with Gasteiger partial charge in [-0.3, -0.25) is 4.90 Å². The Hall–Kier alpha value is -0.940. The Kier molecular flexibility index (Phi) is 4.12. The van der Waals surface area contributed by atoms with Crippen molar-refractivity contribution >= 4 is 0 Å². The Morgan fingerprint density at radius 3 is 3.06 bits per heavy atom. The van der Waals surface area contributed by atoms with Gasteiger partial charge in [0.15, 0.2) is 0 Å². The summed E-state index contributed by atoms with van der Waals surface area (Å²) in [4.78, 5) is 6.88. The lowest BCUT2D eigenvalue weighted by molar-refractivity contribution is 0.201. The van der Waals surface area contributed by atoms with Crippen LogP contribution in [0, 0.1) is 0 Å². The molecule has 1 unspecified atom stereocenters. The highest BCUT2D eigenvalue weighted by Crippen LogP contribution is 2.12. The van der Waals surface area contributed by atoms with Gasteiger partial charge in [0, 0.05) is 25.2 Å². The van der Waals surface area contributed by atoms with Crippen LogP contribution in [0.1, 0.15) is 39.1 Å². The molecule has 1 aromatic rings. The Bertz CT molecular complexity index is 346. The van der Waals surface area contributed by atoms with Crippen molar-refractivity contribution in [2.45, 2.75) is 45.8 Å². The first-order valence-electron chi connectivity index (χ1n) is 6.51. The summed E-state index contributed by atoms with van der Waals surface area (Å²) in [6.07, 6.45) is 2.87. The average molecular weight is 237 g/mol. The van der Waals surface area contributed by atoms with Gasteiger partial charge in [-0.05, 0) is 33.7 Å². The largest absolute Gasteiger partial charge is 0.315 e. The minimum atomic E-state index is 0.382. The highest BCUT2D eigenvalue weighted by Gasteiger charge is 2.19. The monoisotopic (exact) mass is 237 g/mol. The van der Waals surface area contributed by atoms with Gasteiger partial charge in [-0.25, -0.2) is 9.67 Å². The van der Waals surface area contributed by atoms with E-state index in [1.807, 2.05) is 4.68 Å². The maximum atomic E-state index is 4.39. The number of nitrogens with zero attached hydrogens (tertiary/aromatic N) is 4. The van der Waals surface area contributed by atoms with Crippen molar-refractivity contribution in [2.24, 2.45) is 0 Å². The Morgan fingerprint density at radius 2 is 2.29 bits per heavy atom. The quantitative estimate of drug-likeness (QED) is 0.853. The molecule has 1 fully saturated rings. The Labute approximate surface area is 103 Å². The van der Waals surface area contributed by atoms with Crippen LogP contribution in [0.25, 0.3) is 0 Å². The Balaban J connectivity index is 2.05. The first kappa shape index (κ1) is 12.5. The van der Waals surface area contributed by atoms with Crippen LogP contribution in [0.2, 0.25) is 0 Å². The molecule has 0 aliphatic carbocycles. The number of nitrogens with one attached hydrogen (secondary N) is 1. The van der Waals surface area contributed by atoms with Crippen molar-refractivity contribution in [3.63, 3.8) is 0 Å². The van der Waals surface area contributed by atoms with Gasteiger partial charge in [-0.2, -0.15) is 5.10 Å². The molecule has 2 rings (SSSR count). The molecular weight excluding hydrogens is 214 g/mol. The highest BCUT2D eigenvalue weighted by molar-refractivity contribution is 4.88. The molecule has 1 atom stereocenters. The summed E-state index contributed by atoms with van der Waals surface area (Å²) in [6, 6.07) is 0.996. The molecule has 1 aromatic heterocycles. The minimum Gasteiger partial charge on any atom is -0.315 e. The number of rotatable bonds is 3. The normalized spacial score (nSPS) is 22.9. The first-order valence-corrected chi connectivity index (χ1v) is 6.51. The lowest BCUT2D eigenvalue weighted by atomic mass is 10.2. The van der Waals surface area contributed by atoms with E-state index in [2.05, 4.69) is 41.1 Å². The van der Waals surface area contributed by atoms with Gasteiger partial charge in [-0.1, -0.05) is 0 Å².